The van der Waals surface area contributed by atoms with Gasteiger partial charge in [0, 0.05) is 6.54 Å². The van der Waals surface area contributed by atoms with E-state index in [2.05, 4.69) is 15.6 Å². The molecule has 1 amide bonds. The lowest BCUT2D eigenvalue weighted by Crippen LogP contribution is -2.27. The summed E-state index contributed by atoms with van der Waals surface area (Å²) in [5.74, 6) is 1.31. The van der Waals surface area contributed by atoms with Crippen molar-refractivity contribution in [1.29, 1.82) is 0 Å². The highest BCUT2D eigenvalue weighted by molar-refractivity contribution is 5.83. The summed E-state index contributed by atoms with van der Waals surface area (Å²) < 4.78 is 10.3. The van der Waals surface area contributed by atoms with E-state index in [4.69, 9.17) is 9.47 Å². The standard InChI is InChI=1S/C19H25N3O3/c1-19(2,3)25-18(23)22-17-10-7-15(13-21-17)20-12-11-14-5-8-16(24-4)9-6-14/h5-10,13,20H,11-12H2,1-4H3,(H,21,22,23). The van der Waals surface area contributed by atoms with Crippen LogP contribution in [0.5, 0.6) is 5.75 Å². The molecule has 0 aliphatic rings. The topological polar surface area (TPSA) is 72.5 Å². The first-order valence-electron chi connectivity index (χ1n) is 8.18. The van der Waals surface area contributed by atoms with E-state index in [-0.39, 0.29) is 0 Å². The van der Waals surface area contributed by atoms with Crippen molar-refractivity contribution in [1.82, 2.24) is 4.98 Å². The highest BCUT2D eigenvalue weighted by Crippen LogP contribution is 2.14. The second-order valence-corrected chi connectivity index (χ2v) is 6.58. The molecule has 2 rings (SSSR count). The highest BCUT2D eigenvalue weighted by Gasteiger charge is 2.16. The molecule has 2 aromatic rings. The molecule has 0 saturated heterocycles. The molecule has 0 saturated carbocycles. The van der Waals surface area contributed by atoms with Crippen LogP contribution in [0.15, 0.2) is 42.6 Å². The summed E-state index contributed by atoms with van der Waals surface area (Å²) in [6.07, 6.45) is 2.06. The van der Waals surface area contributed by atoms with Crippen molar-refractivity contribution in [3.05, 3.63) is 48.2 Å². The molecule has 0 fully saturated rings. The van der Waals surface area contributed by atoms with Crippen molar-refractivity contribution >= 4 is 17.6 Å². The first kappa shape index (κ1) is 18.6. The van der Waals surface area contributed by atoms with Gasteiger partial charge in [0.25, 0.3) is 0 Å². The zero-order valence-corrected chi connectivity index (χ0v) is 15.1. The van der Waals surface area contributed by atoms with Gasteiger partial charge in [-0.1, -0.05) is 12.1 Å². The van der Waals surface area contributed by atoms with Crippen LogP contribution in [0.25, 0.3) is 0 Å². The molecule has 0 aliphatic heterocycles. The van der Waals surface area contributed by atoms with Crippen LogP contribution in [0.2, 0.25) is 0 Å². The lowest BCUT2D eigenvalue weighted by atomic mass is 10.1. The Morgan fingerprint density at radius 1 is 1.12 bits per heavy atom. The highest BCUT2D eigenvalue weighted by atomic mass is 16.6. The summed E-state index contributed by atoms with van der Waals surface area (Å²) in [5, 5.41) is 5.91. The summed E-state index contributed by atoms with van der Waals surface area (Å²) in [6, 6.07) is 11.6. The number of amides is 1. The van der Waals surface area contributed by atoms with Crippen LogP contribution in [0.4, 0.5) is 16.3 Å². The molecule has 0 unspecified atom stereocenters. The first-order chi connectivity index (χ1) is 11.9. The minimum Gasteiger partial charge on any atom is -0.497 e. The third-order valence-corrected chi connectivity index (χ3v) is 3.29. The van der Waals surface area contributed by atoms with Gasteiger partial charge < -0.3 is 14.8 Å². The molecule has 0 aliphatic carbocycles. The number of benzene rings is 1. The Hall–Kier alpha value is -2.76. The van der Waals surface area contributed by atoms with E-state index in [9.17, 15) is 4.79 Å². The molecule has 0 atom stereocenters. The second kappa shape index (κ2) is 8.37. The van der Waals surface area contributed by atoms with Gasteiger partial charge in [0.1, 0.15) is 17.2 Å². The van der Waals surface area contributed by atoms with E-state index in [1.807, 2.05) is 51.1 Å². The number of ether oxygens (including phenoxy) is 2. The normalized spacial score (nSPS) is 10.9. The van der Waals surface area contributed by atoms with Crippen LogP contribution in [0.1, 0.15) is 26.3 Å². The number of nitrogens with zero attached hydrogens (tertiary/aromatic N) is 1. The second-order valence-electron chi connectivity index (χ2n) is 6.58. The fourth-order valence-corrected chi connectivity index (χ4v) is 2.12. The number of carbonyl (C=O) groups excluding carboxylic acids is 1. The van der Waals surface area contributed by atoms with Crippen LogP contribution >= 0.6 is 0 Å². The number of aromatic nitrogens is 1. The molecule has 0 radical (unpaired) electrons. The summed E-state index contributed by atoms with van der Waals surface area (Å²) >= 11 is 0. The van der Waals surface area contributed by atoms with E-state index in [1.165, 1.54) is 5.56 Å². The van der Waals surface area contributed by atoms with E-state index < -0.39 is 11.7 Å². The number of carbonyl (C=O) groups is 1. The Bertz CT molecular complexity index is 677. The van der Waals surface area contributed by atoms with Crippen molar-refractivity contribution in [2.24, 2.45) is 0 Å². The van der Waals surface area contributed by atoms with Crippen molar-refractivity contribution in [3.63, 3.8) is 0 Å². The van der Waals surface area contributed by atoms with Gasteiger partial charge in [0.15, 0.2) is 0 Å². The number of pyridine rings is 1. The van der Waals surface area contributed by atoms with Crippen LogP contribution in [-0.4, -0.2) is 30.3 Å². The van der Waals surface area contributed by atoms with Crippen LogP contribution in [-0.2, 0) is 11.2 Å². The van der Waals surface area contributed by atoms with Gasteiger partial charge in [-0.15, -0.1) is 0 Å². The third-order valence-electron chi connectivity index (χ3n) is 3.29. The van der Waals surface area contributed by atoms with E-state index in [0.29, 0.717) is 5.82 Å². The Balaban J connectivity index is 1.78. The molecule has 0 bridgehead atoms. The molecule has 0 spiro atoms. The first-order valence-corrected chi connectivity index (χ1v) is 8.18. The Kier molecular flexibility index (Phi) is 6.22. The number of hydrogen-bond acceptors (Lipinski definition) is 5. The Morgan fingerprint density at radius 2 is 1.84 bits per heavy atom. The van der Waals surface area contributed by atoms with Crippen molar-refractivity contribution in [2.75, 3.05) is 24.3 Å². The molecule has 134 valence electrons. The maximum Gasteiger partial charge on any atom is 0.413 e. The fraction of sp³-hybridized carbons (Fsp3) is 0.368. The lowest BCUT2D eigenvalue weighted by molar-refractivity contribution is 0.0635. The van der Waals surface area contributed by atoms with E-state index in [0.717, 1.165) is 24.4 Å². The molecular weight excluding hydrogens is 318 g/mol. The fourth-order valence-electron chi connectivity index (χ4n) is 2.12. The van der Waals surface area contributed by atoms with Gasteiger partial charge in [-0.25, -0.2) is 9.78 Å². The van der Waals surface area contributed by atoms with Gasteiger partial charge >= 0.3 is 6.09 Å². The molecular formula is C19H25N3O3. The third kappa shape index (κ3) is 6.71. The number of hydrogen-bond donors (Lipinski definition) is 2. The molecule has 1 aromatic heterocycles. The molecule has 1 heterocycles. The van der Waals surface area contributed by atoms with Crippen molar-refractivity contribution < 1.29 is 14.3 Å². The SMILES string of the molecule is COc1ccc(CCNc2ccc(NC(=O)OC(C)(C)C)nc2)cc1. The smallest absolute Gasteiger partial charge is 0.413 e. The predicted molar refractivity (Wildman–Crippen MR) is 99.3 cm³/mol. The zero-order chi connectivity index (χ0) is 18.3. The van der Waals surface area contributed by atoms with Gasteiger partial charge in [0.2, 0.25) is 0 Å². The molecule has 25 heavy (non-hydrogen) atoms. The van der Waals surface area contributed by atoms with Crippen molar-refractivity contribution in [3.8, 4) is 5.75 Å². The largest absolute Gasteiger partial charge is 0.497 e. The maximum atomic E-state index is 11.7. The number of nitrogens with one attached hydrogen (secondary N) is 2. The Labute approximate surface area is 148 Å². The Morgan fingerprint density at radius 3 is 2.40 bits per heavy atom. The van der Waals surface area contributed by atoms with Crippen LogP contribution < -0.4 is 15.4 Å². The minimum absolute atomic E-state index is 0.454. The lowest BCUT2D eigenvalue weighted by Gasteiger charge is -2.19. The van der Waals surface area contributed by atoms with E-state index in [1.54, 1.807) is 19.4 Å². The quantitative estimate of drug-likeness (QED) is 0.826. The summed E-state index contributed by atoms with van der Waals surface area (Å²) in [5.41, 5.74) is 1.58. The molecule has 6 nitrogen and oxygen atoms in total. The zero-order valence-electron chi connectivity index (χ0n) is 15.1. The number of anilines is 2. The summed E-state index contributed by atoms with van der Waals surface area (Å²) in [7, 11) is 1.66. The monoisotopic (exact) mass is 343 g/mol. The number of methoxy groups -OCH3 is 1. The maximum absolute atomic E-state index is 11.7. The molecule has 6 heteroatoms. The van der Waals surface area contributed by atoms with Crippen LogP contribution in [0.3, 0.4) is 0 Å². The van der Waals surface area contributed by atoms with Crippen LogP contribution in [0, 0.1) is 0 Å². The molecule has 1 aromatic carbocycles. The van der Waals surface area contributed by atoms with Gasteiger partial charge in [-0.05, 0) is 57.0 Å². The summed E-state index contributed by atoms with van der Waals surface area (Å²) in [4.78, 5) is 15.9. The van der Waals surface area contributed by atoms with Gasteiger partial charge in [-0.3, -0.25) is 5.32 Å². The average Bonchev–Trinajstić information content (AvgIpc) is 2.55. The average molecular weight is 343 g/mol. The van der Waals surface area contributed by atoms with Crippen molar-refractivity contribution in [2.45, 2.75) is 32.8 Å². The van der Waals surface area contributed by atoms with Gasteiger partial charge in [0.05, 0.1) is 19.0 Å². The predicted octanol–water partition coefficient (Wildman–Crippen LogP) is 4.09. The minimum atomic E-state index is -0.535. The van der Waals surface area contributed by atoms with Gasteiger partial charge in [-0.2, -0.15) is 0 Å². The number of rotatable bonds is 6. The molecule has 2 N–H and O–H groups in total. The summed E-state index contributed by atoms with van der Waals surface area (Å²) in [6.45, 7) is 6.23. The van der Waals surface area contributed by atoms with E-state index >= 15 is 0 Å².